The second-order valence-electron chi connectivity index (χ2n) is 5.74. The molecule has 0 amide bonds. The van der Waals surface area contributed by atoms with Gasteiger partial charge in [-0.25, -0.2) is 0 Å². The van der Waals surface area contributed by atoms with Gasteiger partial charge in [0.2, 0.25) is 0 Å². The van der Waals surface area contributed by atoms with Gasteiger partial charge in [-0.15, -0.1) is 0 Å². The third-order valence-corrected chi connectivity index (χ3v) is 4.53. The van der Waals surface area contributed by atoms with Crippen molar-refractivity contribution in [2.75, 3.05) is 40.4 Å². The number of nitrogens with zero attached hydrogens (tertiary/aromatic N) is 2. The van der Waals surface area contributed by atoms with Crippen LogP contribution in [0.3, 0.4) is 0 Å². The fraction of sp³-hybridized carbons (Fsp3) is 1.00. The van der Waals surface area contributed by atoms with Gasteiger partial charge in [0, 0.05) is 25.3 Å². The van der Waals surface area contributed by atoms with E-state index in [1.807, 2.05) is 0 Å². The molecule has 0 bridgehead atoms. The lowest BCUT2D eigenvalue weighted by Crippen LogP contribution is -2.27. The molecule has 2 aliphatic rings. The van der Waals surface area contributed by atoms with Crippen LogP contribution in [0.1, 0.15) is 38.5 Å². The number of ether oxygens (including phenoxy) is 1. The quantitative estimate of drug-likeness (QED) is 0.660. The van der Waals surface area contributed by atoms with E-state index in [1.165, 1.54) is 51.6 Å². The Balaban J connectivity index is 1.49. The maximum Gasteiger partial charge on any atom is 0.0480 e. The lowest BCUT2D eigenvalue weighted by molar-refractivity contribution is 0.0973. The molecule has 3 heteroatoms. The van der Waals surface area contributed by atoms with Crippen LogP contribution < -0.4 is 0 Å². The Labute approximate surface area is 106 Å². The number of hydrogen-bond acceptors (Lipinski definition) is 3. The van der Waals surface area contributed by atoms with Crippen molar-refractivity contribution in [2.24, 2.45) is 0 Å². The molecule has 0 aromatic heterocycles. The van der Waals surface area contributed by atoms with E-state index in [4.69, 9.17) is 4.74 Å². The molecule has 0 spiro atoms. The summed E-state index contributed by atoms with van der Waals surface area (Å²) in [6, 6.07) is 1.56. The zero-order chi connectivity index (χ0) is 12.1. The van der Waals surface area contributed by atoms with Crippen molar-refractivity contribution in [1.29, 1.82) is 0 Å². The highest BCUT2D eigenvalue weighted by Crippen LogP contribution is 2.19. The van der Waals surface area contributed by atoms with Crippen LogP contribution in [0, 0.1) is 0 Å². The minimum atomic E-state index is 0.782. The first kappa shape index (κ1) is 13.3. The molecular formula is C14H28N2O. The van der Waals surface area contributed by atoms with Gasteiger partial charge in [0.1, 0.15) is 0 Å². The zero-order valence-corrected chi connectivity index (χ0v) is 11.5. The first-order valence-corrected chi connectivity index (χ1v) is 7.25. The summed E-state index contributed by atoms with van der Waals surface area (Å²) in [7, 11) is 4.48. The Bertz CT molecular complexity index is 200. The lowest BCUT2D eigenvalue weighted by atomic mass is 10.1. The minimum absolute atomic E-state index is 0.782. The molecule has 0 radical (unpaired) electrons. The molecule has 0 aromatic rings. The topological polar surface area (TPSA) is 15.7 Å². The van der Waals surface area contributed by atoms with Crippen molar-refractivity contribution < 1.29 is 4.74 Å². The van der Waals surface area contributed by atoms with Gasteiger partial charge in [-0.3, -0.25) is 0 Å². The van der Waals surface area contributed by atoms with Gasteiger partial charge in [0.15, 0.2) is 0 Å². The minimum Gasteiger partial charge on any atom is -0.381 e. The van der Waals surface area contributed by atoms with Crippen LogP contribution >= 0.6 is 0 Å². The van der Waals surface area contributed by atoms with Gasteiger partial charge >= 0.3 is 0 Å². The van der Waals surface area contributed by atoms with Crippen molar-refractivity contribution >= 4 is 0 Å². The Morgan fingerprint density at radius 1 is 0.882 bits per heavy atom. The van der Waals surface area contributed by atoms with Crippen LogP contribution in [-0.4, -0.2) is 62.3 Å². The summed E-state index contributed by atoms with van der Waals surface area (Å²) in [6.07, 6.45) is 7.91. The highest BCUT2D eigenvalue weighted by atomic mass is 16.5. The van der Waals surface area contributed by atoms with Crippen LogP contribution in [0.2, 0.25) is 0 Å². The summed E-state index contributed by atoms with van der Waals surface area (Å²) >= 11 is 0. The Morgan fingerprint density at radius 2 is 1.35 bits per heavy atom. The number of likely N-dealkylation sites (tertiary alicyclic amines) is 2. The van der Waals surface area contributed by atoms with E-state index in [-0.39, 0.29) is 0 Å². The first-order valence-electron chi connectivity index (χ1n) is 7.25. The van der Waals surface area contributed by atoms with E-state index in [1.54, 1.807) is 0 Å². The van der Waals surface area contributed by atoms with E-state index in [2.05, 4.69) is 23.9 Å². The normalized spacial score (nSPS) is 31.4. The second kappa shape index (κ2) is 6.72. The Hall–Kier alpha value is -0.120. The van der Waals surface area contributed by atoms with E-state index >= 15 is 0 Å². The Kier molecular flexibility index (Phi) is 5.26. The standard InChI is InChI=1S/C14H28N2O/c1-15-9-3-5-13(15)7-11-17-12-8-14-6-4-10-16(14)2/h13-14H,3-12H2,1-2H3. The summed E-state index contributed by atoms with van der Waals surface area (Å²) in [6.45, 7) is 4.45. The van der Waals surface area contributed by atoms with Gasteiger partial charge in [0.25, 0.3) is 0 Å². The second-order valence-corrected chi connectivity index (χ2v) is 5.74. The summed E-state index contributed by atoms with van der Waals surface area (Å²) in [4.78, 5) is 4.96. The van der Waals surface area contributed by atoms with Gasteiger partial charge in [-0.05, 0) is 65.7 Å². The van der Waals surface area contributed by atoms with Gasteiger partial charge < -0.3 is 14.5 Å². The smallest absolute Gasteiger partial charge is 0.0480 e. The Morgan fingerprint density at radius 3 is 1.71 bits per heavy atom. The third-order valence-electron chi connectivity index (χ3n) is 4.53. The first-order chi connectivity index (χ1) is 8.27. The molecule has 2 saturated heterocycles. The highest BCUT2D eigenvalue weighted by Gasteiger charge is 2.21. The predicted molar refractivity (Wildman–Crippen MR) is 71.4 cm³/mol. The van der Waals surface area contributed by atoms with E-state index in [0.29, 0.717) is 0 Å². The largest absolute Gasteiger partial charge is 0.381 e. The van der Waals surface area contributed by atoms with Crippen molar-refractivity contribution in [3.63, 3.8) is 0 Å². The molecule has 2 rings (SSSR count). The highest BCUT2D eigenvalue weighted by molar-refractivity contribution is 4.77. The van der Waals surface area contributed by atoms with Gasteiger partial charge in [0.05, 0.1) is 0 Å². The van der Waals surface area contributed by atoms with Gasteiger partial charge in [-0.2, -0.15) is 0 Å². The molecule has 2 aliphatic heterocycles. The van der Waals surface area contributed by atoms with Crippen molar-refractivity contribution in [3.05, 3.63) is 0 Å². The molecule has 2 heterocycles. The van der Waals surface area contributed by atoms with Crippen molar-refractivity contribution in [2.45, 2.75) is 50.6 Å². The van der Waals surface area contributed by atoms with Crippen LogP contribution in [0.5, 0.6) is 0 Å². The van der Waals surface area contributed by atoms with Crippen molar-refractivity contribution in [1.82, 2.24) is 9.80 Å². The zero-order valence-electron chi connectivity index (χ0n) is 11.5. The average molecular weight is 240 g/mol. The van der Waals surface area contributed by atoms with E-state index < -0.39 is 0 Å². The molecule has 0 aromatic carbocycles. The summed E-state index contributed by atoms with van der Waals surface area (Å²) in [5.74, 6) is 0. The van der Waals surface area contributed by atoms with Crippen LogP contribution in [0.15, 0.2) is 0 Å². The van der Waals surface area contributed by atoms with E-state index in [0.717, 1.165) is 25.3 Å². The SMILES string of the molecule is CN1CCCC1CCOCCC1CCCN1C. The monoisotopic (exact) mass is 240 g/mol. The summed E-state index contributed by atoms with van der Waals surface area (Å²) < 4.78 is 5.80. The molecule has 2 fully saturated rings. The fourth-order valence-electron chi connectivity index (χ4n) is 3.23. The molecule has 0 saturated carbocycles. The van der Waals surface area contributed by atoms with Crippen LogP contribution in [0.25, 0.3) is 0 Å². The number of rotatable bonds is 6. The van der Waals surface area contributed by atoms with Crippen LogP contribution in [0.4, 0.5) is 0 Å². The number of hydrogen-bond donors (Lipinski definition) is 0. The van der Waals surface area contributed by atoms with Gasteiger partial charge in [-0.1, -0.05) is 0 Å². The molecular weight excluding hydrogens is 212 g/mol. The molecule has 17 heavy (non-hydrogen) atoms. The average Bonchev–Trinajstić information content (AvgIpc) is 2.89. The van der Waals surface area contributed by atoms with E-state index in [9.17, 15) is 0 Å². The lowest BCUT2D eigenvalue weighted by Gasteiger charge is -2.21. The molecule has 3 nitrogen and oxygen atoms in total. The summed E-state index contributed by atoms with van der Waals surface area (Å²) in [5.41, 5.74) is 0. The molecule has 0 N–H and O–H groups in total. The maximum absolute atomic E-state index is 5.80. The molecule has 100 valence electrons. The molecule has 2 unspecified atom stereocenters. The molecule has 0 aliphatic carbocycles. The maximum atomic E-state index is 5.80. The summed E-state index contributed by atoms with van der Waals surface area (Å²) in [5, 5.41) is 0. The van der Waals surface area contributed by atoms with Crippen LogP contribution in [-0.2, 0) is 4.74 Å². The fourth-order valence-corrected chi connectivity index (χ4v) is 3.23. The predicted octanol–water partition coefficient (Wildman–Crippen LogP) is 1.97. The third kappa shape index (κ3) is 3.94. The molecule has 2 atom stereocenters. The van der Waals surface area contributed by atoms with Crippen molar-refractivity contribution in [3.8, 4) is 0 Å².